The first kappa shape index (κ1) is 12.1. The Morgan fingerprint density at radius 2 is 2.25 bits per heavy atom. The standard InChI is InChI=1S/C12H13NO3/c1-2-16-12(15)7-3-6-11(14)10-5-4-8-13-9-10/h2,4-5,8-9H,1,3,6-7H2. The molecule has 0 bridgehead atoms. The van der Waals surface area contributed by atoms with Crippen molar-refractivity contribution in [2.24, 2.45) is 0 Å². The Kier molecular flexibility index (Phi) is 4.92. The molecule has 1 rings (SSSR count). The smallest absolute Gasteiger partial charge is 0.310 e. The highest BCUT2D eigenvalue weighted by Crippen LogP contribution is 2.06. The van der Waals surface area contributed by atoms with Crippen LogP contribution in [0, 0.1) is 0 Å². The second-order valence-corrected chi connectivity index (χ2v) is 3.17. The van der Waals surface area contributed by atoms with Gasteiger partial charge in [-0.3, -0.25) is 14.6 Å². The molecule has 16 heavy (non-hydrogen) atoms. The van der Waals surface area contributed by atoms with Gasteiger partial charge in [-0.1, -0.05) is 6.58 Å². The van der Waals surface area contributed by atoms with E-state index >= 15 is 0 Å². The molecule has 0 spiro atoms. The number of ketones is 1. The highest BCUT2D eigenvalue weighted by atomic mass is 16.5. The molecule has 0 aromatic carbocycles. The van der Waals surface area contributed by atoms with Gasteiger partial charge in [0.2, 0.25) is 0 Å². The molecule has 0 radical (unpaired) electrons. The van der Waals surface area contributed by atoms with Crippen LogP contribution in [0.1, 0.15) is 29.6 Å². The Balaban J connectivity index is 2.31. The van der Waals surface area contributed by atoms with E-state index in [1.54, 1.807) is 18.3 Å². The van der Waals surface area contributed by atoms with Gasteiger partial charge in [-0.05, 0) is 18.6 Å². The summed E-state index contributed by atoms with van der Waals surface area (Å²) in [5.41, 5.74) is 0.569. The van der Waals surface area contributed by atoms with Crippen molar-refractivity contribution < 1.29 is 14.3 Å². The number of hydrogen-bond acceptors (Lipinski definition) is 4. The first-order chi connectivity index (χ1) is 7.74. The summed E-state index contributed by atoms with van der Waals surface area (Å²) in [7, 11) is 0. The molecule has 1 aromatic heterocycles. The Morgan fingerprint density at radius 1 is 1.44 bits per heavy atom. The molecule has 0 aliphatic heterocycles. The number of aromatic nitrogens is 1. The van der Waals surface area contributed by atoms with Gasteiger partial charge in [0.1, 0.15) is 0 Å². The van der Waals surface area contributed by atoms with E-state index in [1.165, 1.54) is 6.20 Å². The van der Waals surface area contributed by atoms with E-state index in [9.17, 15) is 9.59 Å². The number of nitrogens with zero attached hydrogens (tertiary/aromatic N) is 1. The monoisotopic (exact) mass is 219 g/mol. The van der Waals surface area contributed by atoms with Crippen molar-refractivity contribution in [3.05, 3.63) is 42.9 Å². The average molecular weight is 219 g/mol. The molecule has 0 N–H and O–H groups in total. The zero-order valence-corrected chi connectivity index (χ0v) is 8.89. The summed E-state index contributed by atoms with van der Waals surface area (Å²) < 4.78 is 4.53. The predicted molar refractivity (Wildman–Crippen MR) is 58.7 cm³/mol. The topological polar surface area (TPSA) is 56.3 Å². The molecule has 0 unspecified atom stereocenters. The summed E-state index contributed by atoms with van der Waals surface area (Å²) in [6, 6.07) is 3.41. The maximum absolute atomic E-state index is 11.6. The zero-order valence-electron chi connectivity index (χ0n) is 8.89. The summed E-state index contributed by atoms with van der Waals surface area (Å²) >= 11 is 0. The van der Waals surface area contributed by atoms with Crippen molar-refractivity contribution in [1.82, 2.24) is 4.98 Å². The zero-order chi connectivity index (χ0) is 11.8. The van der Waals surface area contributed by atoms with E-state index in [1.807, 2.05) is 0 Å². The Morgan fingerprint density at radius 3 is 2.88 bits per heavy atom. The number of ether oxygens (including phenoxy) is 1. The highest BCUT2D eigenvalue weighted by molar-refractivity contribution is 5.95. The maximum atomic E-state index is 11.6. The van der Waals surface area contributed by atoms with Gasteiger partial charge in [0, 0.05) is 30.8 Å². The van der Waals surface area contributed by atoms with Crippen LogP contribution in [0.5, 0.6) is 0 Å². The number of carbonyl (C=O) groups excluding carboxylic acids is 2. The SMILES string of the molecule is C=COC(=O)CCCC(=O)c1cccnc1. The van der Waals surface area contributed by atoms with Crippen LogP contribution in [-0.4, -0.2) is 16.7 Å². The fourth-order valence-corrected chi connectivity index (χ4v) is 1.22. The molecule has 0 fully saturated rings. The summed E-state index contributed by atoms with van der Waals surface area (Å²) in [6.45, 7) is 3.27. The van der Waals surface area contributed by atoms with Crippen molar-refractivity contribution in [2.75, 3.05) is 0 Å². The molecular weight excluding hydrogens is 206 g/mol. The van der Waals surface area contributed by atoms with Gasteiger partial charge in [-0.15, -0.1) is 0 Å². The first-order valence-electron chi connectivity index (χ1n) is 4.97. The van der Waals surface area contributed by atoms with Crippen molar-refractivity contribution in [3.8, 4) is 0 Å². The summed E-state index contributed by atoms with van der Waals surface area (Å²) in [4.78, 5) is 26.4. The second kappa shape index (κ2) is 6.50. The van der Waals surface area contributed by atoms with Gasteiger partial charge in [0.15, 0.2) is 5.78 Å². The molecule has 0 saturated carbocycles. The molecule has 4 nitrogen and oxygen atoms in total. The number of carbonyl (C=O) groups is 2. The van der Waals surface area contributed by atoms with Crippen LogP contribution in [0.15, 0.2) is 37.4 Å². The minimum atomic E-state index is -0.367. The minimum Gasteiger partial charge on any atom is -0.435 e. The number of Topliss-reactive ketones (excluding diaryl/α,β-unsaturated/α-hetero) is 1. The average Bonchev–Trinajstić information content (AvgIpc) is 2.30. The van der Waals surface area contributed by atoms with Gasteiger partial charge in [-0.25, -0.2) is 0 Å². The Labute approximate surface area is 94.0 Å². The lowest BCUT2D eigenvalue weighted by molar-refractivity contribution is -0.138. The minimum absolute atomic E-state index is 0.0143. The van der Waals surface area contributed by atoms with E-state index in [4.69, 9.17) is 0 Å². The predicted octanol–water partition coefficient (Wildman–Crippen LogP) is 2.12. The van der Waals surface area contributed by atoms with Gasteiger partial charge < -0.3 is 4.74 Å². The van der Waals surface area contributed by atoms with Crippen molar-refractivity contribution in [1.29, 1.82) is 0 Å². The van der Waals surface area contributed by atoms with Gasteiger partial charge in [0.25, 0.3) is 0 Å². The summed E-state index contributed by atoms with van der Waals surface area (Å²) in [5.74, 6) is -0.381. The van der Waals surface area contributed by atoms with Crippen molar-refractivity contribution >= 4 is 11.8 Å². The molecule has 0 aliphatic carbocycles. The van der Waals surface area contributed by atoms with Gasteiger partial charge >= 0.3 is 5.97 Å². The van der Waals surface area contributed by atoms with Crippen molar-refractivity contribution in [3.63, 3.8) is 0 Å². The lowest BCUT2D eigenvalue weighted by Gasteiger charge is -2.00. The van der Waals surface area contributed by atoms with Crippen LogP contribution < -0.4 is 0 Å². The van der Waals surface area contributed by atoms with Crippen LogP contribution in [-0.2, 0) is 9.53 Å². The normalized spacial score (nSPS) is 9.50. The largest absolute Gasteiger partial charge is 0.435 e. The molecule has 4 heteroatoms. The van der Waals surface area contributed by atoms with E-state index in [0.29, 0.717) is 18.4 Å². The lowest BCUT2D eigenvalue weighted by atomic mass is 10.1. The van der Waals surface area contributed by atoms with Gasteiger partial charge in [-0.2, -0.15) is 0 Å². The molecule has 84 valence electrons. The number of rotatable bonds is 6. The third-order valence-corrected chi connectivity index (χ3v) is 1.98. The Bertz CT molecular complexity index is 373. The molecule has 0 amide bonds. The summed E-state index contributed by atoms with van der Waals surface area (Å²) in [5, 5.41) is 0. The maximum Gasteiger partial charge on any atom is 0.310 e. The molecule has 0 saturated heterocycles. The fourth-order valence-electron chi connectivity index (χ4n) is 1.22. The number of pyridine rings is 1. The Hall–Kier alpha value is -1.97. The van der Waals surface area contributed by atoms with Crippen LogP contribution >= 0.6 is 0 Å². The van der Waals surface area contributed by atoms with Crippen LogP contribution in [0.2, 0.25) is 0 Å². The molecular formula is C12H13NO3. The third kappa shape index (κ3) is 4.04. The number of hydrogen-bond donors (Lipinski definition) is 0. The van der Waals surface area contributed by atoms with Crippen LogP contribution in [0.25, 0.3) is 0 Å². The van der Waals surface area contributed by atoms with E-state index in [0.717, 1.165) is 6.26 Å². The van der Waals surface area contributed by atoms with Crippen LogP contribution in [0.3, 0.4) is 0 Å². The van der Waals surface area contributed by atoms with E-state index in [2.05, 4.69) is 16.3 Å². The first-order valence-corrected chi connectivity index (χ1v) is 4.97. The second-order valence-electron chi connectivity index (χ2n) is 3.17. The van der Waals surface area contributed by atoms with Crippen LogP contribution in [0.4, 0.5) is 0 Å². The van der Waals surface area contributed by atoms with E-state index in [-0.39, 0.29) is 18.2 Å². The molecule has 1 heterocycles. The molecule has 1 aromatic rings. The van der Waals surface area contributed by atoms with Gasteiger partial charge in [0.05, 0.1) is 6.26 Å². The molecule has 0 atom stereocenters. The van der Waals surface area contributed by atoms with Crippen molar-refractivity contribution in [2.45, 2.75) is 19.3 Å². The van der Waals surface area contributed by atoms with E-state index < -0.39 is 0 Å². The number of esters is 1. The molecule has 0 aliphatic rings. The third-order valence-electron chi connectivity index (χ3n) is 1.98. The highest BCUT2D eigenvalue weighted by Gasteiger charge is 2.07. The quantitative estimate of drug-likeness (QED) is 0.418. The lowest BCUT2D eigenvalue weighted by Crippen LogP contribution is -2.03. The fraction of sp³-hybridized carbons (Fsp3) is 0.250. The summed E-state index contributed by atoms with van der Waals surface area (Å²) in [6.07, 6.45) is 5.23.